The lowest BCUT2D eigenvalue weighted by molar-refractivity contribution is -0.117. The van der Waals surface area contributed by atoms with Gasteiger partial charge in [-0.25, -0.2) is 0 Å². The van der Waals surface area contributed by atoms with Gasteiger partial charge in [0.25, 0.3) is 5.91 Å². The van der Waals surface area contributed by atoms with Crippen molar-refractivity contribution in [3.63, 3.8) is 0 Å². The third-order valence-corrected chi connectivity index (χ3v) is 3.59. The van der Waals surface area contributed by atoms with Crippen LogP contribution in [0.15, 0.2) is 42.5 Å². The van der Waals surface area contributed by atoms with E-state index in [9.17, 15) is 9.59 Å². The van der Waals surface area contributed by atoms with Gasteiger partial charge in [-0.3, -0.25) is 9.59 Å². The second-order valence-corrected chi connectivity index (χ2v) is 6.00. The lowest BCUT2D eigenvalue weighted by atomic mass is 10.1. The topological polar surface area (TPSA) is 58.2 Å². The van der Waals surface area contributed by atoms with Crippen molar-refractivity contribution >= 4 is 29.1 Å². The third kappa shape index (κ3) is 4.83. The minimum Gasteiger partial charge on any atom is -0.341 e. The van der Waals surface area contributed by atoms with Crippen molar-refractivity contribution in [3.05, 3.63) is 64.2 Å². The zero-order valence-corrected chi connectivity index (χ0v) is 14.1. The predicted molar refractivity (Wildman–Crippen MR) is 92.9 cm³/mol. The van der Waals surface area contributed by atoms with Gasteiger partial charge >= 0.3 is 0 Å². The molecule has 0 saturated heterocycles. The van der Waals surface area contributed by atoms with Crippen molar-refractivity contribution in [2.75, 3.05) is 5.32 Å². The average Bonchev–Trinajstić information content (AvgIpc) is 2.46. The van der Waals surface area contributed by atoms with Gasteiger partial charge in [-0.05, 0) is 68.3 Å². The maximum absolute atomic E-state index is 12.2. The zero-order valence-electron chi connectivity index (χ0n) is 13.3. The SMILES string of the molecule is Cc1cc(C)cc(NC(=O)C(C)NC(=O)c2ccc(Cl)cc2)c1. The fraction of sp³-hybridized carbons (Fsp3) is 0.222. The summed E-state index contributed by atoms with van der Waals surface area (Å²) >= 11 is 5.79. The maximum Gasteiger partial charge on any atom is 0.251 e. The van der Waals surface area contributed by atoms with Crippen LogP contribution in [0.1, 0.15) is 28.4 Å². The minimum absolute atomic E-state index is 0.266. The molecular formula is C18H19ClN2O2. The standard InChI is InChI=1S/C18H19ClN2O2/c1-11-8-12(2)10-16(9-11)21-17(22)13(3)20-18(23)14-4-6-15(19)7-5-14/h4-10,13H,1-3H3,(H,20,23)(H,21,22). The van der Waals surface area contributed by atoms with Gasteiger partial charge in [0.05, 0.1) is 0 Å². The first kappa shape index (κ1) is 17.0. The highest BCUT2D eigenvalue weighted by atomic mass is 35.5. The summed E-state index contributed by atoms with van der Waals surface area (Å²) in [5.41, 5.74) is 3.32. The minimum atomic E-state index is -0.654. The Hall–Kier alpha value is -2.33. The van der Waals surface area contributed by atoms with Gasteiger partial charge in [-0.15, -0.1) is 0 Å². The molecule has 0 spiro atoms. The molecule has 0 bridgehead atoms. The molecule has 120 valence electrons. The van der Waals surface area contributed by atoms with Crippen molar-refractivity contribution in [1.29, 1.82) is 0 Å². The molecule has 0 radical (unpaired) electrons. The monoisotopic (exact) mass is 330 g/mol. The predicted octanol–water partition coefficient (Wildman–Crippen LogP) is 3.71. The number of amides is 2. The number of benzene rings is 2. The summed E-state index contributed by atoms with van der Waals surface area (Å²) in [7, 11) is 0. The second-order valence-electron chi connectivity index (χ2n) is 5.57. The molecule has 2 aromatic rings. The largest absolute Gasteiger partial charge is 0.341 e. The first-order chi connectivity index (χ1) is 10.8. The molecule has 5 heteroatoms. The van der Waals surface area contributed by atoms with Gasteiger partial charge < -0.3 is 10.6 Å². The Labute approximate surface area is 140 Å². The van der Waals surface area contributed by atoms with Gasteiger partial charge in [0, 0.05) is 16.3 Å². The lowest BCUT2D eigenvalue weighted by Gasteiger charge is -2.15. The van der Waals surface area contributed by atoms with Crippen LogP contribution in [0.5, 0.6) is 0 Å². The molecule has 1 atom stereocenters. The first-order valence-electron chi connectivity index (χ1n) is 7.31. The number of aryl methyl sites for hydroxylation is 2. The maximum atomic E-state index is 12.2. The van der Waals surface area contributed by atoms with Gasteiger partial charge in [0.15, 0.2) is 0 Å². The van der Waals surface area contributed by atoms with Gasteiger partial charge in [-0.1, -0.05) is 17.7 Å². The number of rotatable bonds is 4. The van der Waals surface area contributed by atoms with E-state index in [1.807, 2.05) is 32.0 Å². The van der Waals surface area contributed by atoms with Crippen LogP contribution in [0.25, 0.3) is 0 Å². The number of anilines is 1. The summed E-state index contributed by atoms with van der Waals surface area (Å²) < 4.78 is 0. The molecule has 0 aliphatic rings. The quantitative estimate of drug-likeness (QED) is 0.897. The molecular weight excluding hydrogens is 312 g/mol. The summed E-state index contributed by atoms with van der Waals surface area (Å²) in [4.78, 5) is 24.3. The molecule has 0 aliphatic carbocycles. The Morgan fingerprint density at radius 3 is 2.13 bits per heavy atom. The first-order valence-corrected chi connectivity index (χ1v) is 7.68. The Bertz CT molecular complexity index is 706. The van der Waals surface area contributed by atoms with Crippen LogP contribution in [0.4, 0.5) is 5.69 Å². The van der Waals surface area contributed by atoms with E-state index in [4.69, 9.17) is 11.6 Å². The summed E-state index contributed by atoms with van der Waals surface area (Å²) in [5, 5.41) is 6.04. The number of nitrogens with one attached hydrogen (secondary N) is 2. The van der Waals surface area contributed by atoms with Crippen LogP contribution in [0.3, 0.4) is 0 Å². The van der Waals surface area contributed by atoms with Gasteiger partial charge in [0.1, 0.15) is 6.04 Å². The van der Waals surface area contributed by atoms with E-state index in [0.717, 1.165) is 16.8 Å². The van der Waals surface area contributed by atoms with Crippen molar-refractivity contribution < 1.29 is 9.59 Å². The lowest BCUT2D eigenvalue weighted by Crippen LogP contribution is -2.41. The van der Waals surface area contributed by atoms with Crippen molar-refractivity contribution in [3.8, 4) is 0 Å². The van der Waals surface area contributed by atoms with Crippen LogP contribution in [0.2, 0.25) is 5.02 Å². The summed E-state index contributed by atoms with van der Waals surface area (Å²) in [6, 6.07) is 11.7. The van der Waals surface area contributed by atoms with Crippen LogP contribution in [0, 0.1) is 13.8 Å². The Morgan fingerprint density at radius 2 is 1.57 bits per heavy atom. The van der Waals surface area contributed by atoms with E-state index in [-0.39, 0.29) is 11.8 Å². The molecule has 0 heterocycles. The molecule has 2 aromatic carbocycles. The molecule has 2 N–H and O–H groups in total. The second kappa shape index (κ2) is 7.29. The van der Waals surface area contributed by atoms with Gasteiger partial charge in [0.2, 0.25) is 5.91 Å². The molecule has 2 amide bonds. The van der Waals surface area contributed by atoms with E-state index in [2.05, 4.69) is 10.6 Å². The van der Waals surface area contributed by atoms with Crippen LogP contribution < -0.4 is 10.6 Å². The number of hydrogen-bond acceptors (Lipinski definition) is 2. The molecule has 0 saturated carbocycles. The zero-order chi connectivity index (χ0) is 17.0. The highest BCUT2D eigenvalue weighted by molar-refractivity contribution is 6.30. The molecule has 0 aromatic heterocycles. The van der Waals surface area contributed by atoms with Crippen LogP contribution in [-0.2, 0) is 4.79 Å². The number of carbonyl (C=O) groups excluding carboxylic acids is 2. The van der Waals surface area contributed by atoms with E-state index in [1.54, 1.807) is 31.2 Å². The Balaban J connectivity index is 1.99. The van der Waals surface area contributed by atoms with Crippen molar-refractivity contribution in [2.24, 2.45) is 0 Å². The normalized spacial score (nSPS) is 11.7. The summed E-state index contributed by atoms with van der Waals surface area (Å²) in [6.07, 6.45) is 0. The number of hydrogen-bond donors (Lipinski definition) is 2. The Morgan fingerprint density at radius 1 is 1.00 bits per heavy atom. The van der Waals surface area contributed by atoms with Crippen molar-refractivity contribution in [2.45, 2.75) is 26.8 Å². The third-order valence-electron chi connectivity index (χ3n) is 3.34. The fourth-order valence-electron chi connectivity index (χ4n) is 2.24. The fourth-order valence-corrected chi connectivity index (χ4v) is 2.37. The average molecular weight is 331 g/mol. The van der Waals surface area contributed by atoms with Crippen molar-refractivity contribution in [1.82, 2.24) is 5.32 Å². The summed E-state index contributed by atoms with van der Waals surface area (Å²) in [5.74, 6) is -0.581. The van der Waals surface area contributed by atoms with Crippen LogP contribution >= 0.6 is 11.6 Å². The molecule has 2 rings (SSSR count). The molecule has 1 unspecified atom stereocenters. The number of carbonyl (C=O) groups is 2. The molecule has 0 fully saturated rings. The highest BCUT2D eigenvalue weighted by Crippen LogP contribution is 2.14. The summed E-state index contributed by atoms with van der Waals surface area (Å²) in [6.45, 7) is 5.58. The molecule has 0 aliphatic heterocycles. The Kier molecular flexibility index (Phi) is 5.40. The van der Waals surface area contributed by atoms with E-state index >= 15 is 0 Å². The van der Waals surface area contributed by atoms with Gasteiger partial charge in [-0.2, -0.15) is 0 Å². The van der Waals surface area contributed by atoms with E-state index in [0.29, 0.717) is 10.6 Å². The van der Waals surface area contributed by atoms with E-state index in [1.165, 1.54) is 0 Å². The molecule has 23 heavy (non-hydrogen) atoms. The van der Waals surface area contributed by atoms with Crippen LogP contribution in [-0.4, -0.2) is 17.9 Å². The number of halogens is 1. The smallest absolute Gasteiger partial charge is 0.251 e. The van der Waals surface area contributed by atoms with E-state index < -0.39 is 6.04 Å². The highest BCUT2D eigenvalue weighted by Gasteiger charge is 2.17. The molecule has 4 nitrogen and oxygen atoms in total.